The molecule has 1 unspecified atom stereocenters. The van der Waals surface area contributed by atoms with E-state index in [1.54, 1.807) is 24.5 Å². The van der Waals surface area contributed by atoms with Gasteiger partial charge in [0.05, 0.1) is 4.90 Å². The Labute approximate surface area is 224 Å². The number of carbonyl (C=O) groups excluding carboxylic acids is 1. The van der Waals surface area contributed by atoms with Gasteiger partial charge < -0.3 is 10.4 Å². The third-order valence-electron chi connectivity index (χ3n) is 6.38. The Morgan fingerprint density at radius 1 is 1.08 bits per heavy atom. The van der Waals surface area contributed by atoms with E-state index in [1.807, 2.05) is 12.1 Å². The molecule has 194 valence electrons. The molecule has 3 aromatic rings. The fourth-order valence-electron chi connectivity index (χ4n) is 4.39. The summed E-state index contributed by atoms with van der Waals surface area (Å²) >= 11 is 12.0. The Hall–Kier alpha value is -3.05. The number of amides is 1. The molecule has 1 fully saturated rings. The maximum atomic E-state index is 13.4. The maximum absolute atomic E-state index is 13.4. The van der Waals surface area contributed by atoms with Crippen LogP contribution < -0.4 is 5.32 Å². The van der Waals surface area contributed by atoms with Crippen LogP contribution in [0.1, 0.15) is 25.3 Å². The summed E-state index contributed by atoms with van der Waals surface area (Å²) in [5.74, 6) is -1.92. The van der Waals surface area contributed by atoms with Crippen molar-refractivity contribution in [3.63, 3.8) is 0 Å². The highest BCUT2D eigenvalue weighted by Crippen LogP contribution is 2.36. The fourth-order valence-corrected chi connectivity index (χ4v) is 6.92. The minimum atomic E-state index is -4.14. The van der Waals surface area contributed by atoms with Crippen LogP contribution in [0.4, 0.5) is 0 Å². The van der Waals surface area contributed by atoms with E-state index >= 15 is 0 Å². The Balaban J connectivity index is 1.53. The number of carboxylic acid groups (broad SMARTS) is 1. The normalized spacial score (nSPS) is 18.9. The predicted molar refractivity (Wildman–Crippen MR) is 139 cm³/mol. The van der Waals surface area contributed by atoms with Crippen LogP contribution in [0.5, 0.6) is 0 Å². The van der Waals surface area contributed by atoms with Gasteiger partial charge >= 0.3 is 5.97 Å². The molecule has 1 saturated heterocycles. The first-order valence-corrected chi connectivity index (χ1v) is 13.6. The molecule has 0 spiro atoms. The van der Waals surface area contributed by atoms with Crippen LogP contribution in [0.15, 0.2) is 66.1 Å². The topological polar surface area (TPSA) is 130 Å². The second-order valence-electron chi connectivity index (χ2n) is 8.95. The third-order valence-corrected chi connectivity index (χ3v) is 8.81. The van der Waals surface area contributed by atoms with Gasteiger partial charge in [0, 0.05) is 41.0 Å². The van der Waals surface area contributed by atoms with E-state index in [4.69, 9.17) is 23.2 Å². The quantitative estimate of drug-likeness (QED) is 0.427. The molecule has 9 nitrogen and oxygen atoms in total. The molecule has 0 aliphatic carbocycles. The molecule has 1 amide bonds. The van der Waals surface area contributed by atoms with Crippen molar-refractivity contribution in [2.75, 3.05) is 6.54 Å². The number of nitrogens with zero attached hydrogens (tertiary/aromatic N) is 3. The Bertz CT molecular complexity index is 1400. The van der Waals surface area contributed by atoms with Crippen LogP contribution in [0.25, 0.3) is 11.1 Å². The standard InChI is InChI=1S/C25H24Cl2N4O5S/c1-25(7-2-8-31(25)37(35,36)21-11-19(26)10-20(27)12-21)24(34)30-22(23(32)33)9-16-3-5-17(6-4-16)18-13-28-15-29-14-18/h3-6,10-15,22H,2,7-9H2,1H3,(H,30,34)(H,32,33)/t22?,25-/m0/s1. The number of hydrogen-bond acceptors (Lipinski definition) is 6. The number of halogens is 2. The van der Waals surface area contributed by atoms with Gasteiger partial charge in [-0.15, -0.1) is 0 Å². The second-order valence-corrected chi connectivity index (χ2v) is 11.7. The zero-order valence-corrected chi connectivity index (χ0v) is 22.1. The number of rotatable bonds is 8. The molecule has 0 radical (unpaired) electrons. The largest absolute Gasteiger partial charge is 0.480 e. The molecule has 1 aliphatic rings. The first-order valence-electron chi connectivity index (χ1n) is 11.4. The molecule has 0 bridgehead atoms. The summed E-state index contributed by atoms with van der Waals surface area (Å²) < 4.78 is 27.9. The number of benzene rings is 2. The second kappa shape index (κ2) is 10.7. The van der Waals surface area contributed by atoms with Crippen LogP contribution >= 0.6 is 23.2 Å². The average molecular weight is 563 g/mol. The van der Waals surface area contributed by atoms with E-state index < -0.39 is 33.5 Å². The lowest BCUT2D eigenvalue weighted by Gasteiger charge is -2.34. The summed E-state index contributed by atoms with van der Waals surface area (Å²) in [7, 11) is -4.14. The minimum absolute atomic E-state index is 0.0133. The lowest BCUT2D eigenvalue weighted by atomic mass is 9.97. The van der Waals surface area contributed by atoms with Gasteiger partial charge in [0.1, 0.15) is 17.9 Å². The number of aliphatic carboxylic acids is 1. The van der Waals surface area contributed by atoms with Gasteiger partial charge in [0.2, 0.25) is 15.9 Å². The molecule has 2 atom stereocenters. The molecular formula is C25H24Cl2N4O5S. The summed E-state index contributed by atoms with van der Waals surface area (Å²) in [6, 6.07) is 9.85. The Kier molecular flexibility index (Phi) is 7.84. The van der Waals surface area contributed by atoms with Gasteiger partial charge in [-0.05, 0) is 49.1 Å². The van der Waals surface area contributed by atoms with Crippen LogP contribution in [-0.4, -0.2) is 57.8 Å². The minimum Gasteiger partial charge on any atom is -0.480 e. The molecule has 2 aromatic carbocycles. The van der Waals surface area contributed by atoms with Crippen molar-refractivity contribution >= 4 is 45.1 Å². The van der Waals surface area contributed by atoms with Gasteiger partial charge in [-0.25, -0.2) is 23.2 Å². The first-order chi connectivity index (χ1) is 17.5. The number of hydrogen-bond donors (Lipinski definition) is 2. The molecule has 2 heterocycles. The monoisotopic (exact) mass is 562 g/mol. The van der Waals surface area contributed by atoms with E-state index in [2.05, 4.69) is 15.3 Å². The average Bonchev–Trinajstić information content (AvgIpc) is 3.27. The van der Waals surface area contributed by atoms with Crippen molar-refractivity contribution in [2.24, 2.45) is 0 Å². The highest BCUT2D eigenvalue weighted by Gasteiger charge is 2.50. The van der Waals surface area contributed by atoms with E-state index in [-0.39, 0.29) is 34.3 Å². The summed E-state index contributed by atoms with van der Waals surface area (Å²) in [4.78, 5) is 33.3. The lowest BCUT2D eigenvalue weighted by Crippen LogP contribution is -2.58. The van der Waals surface area contributed by atoms with Crippen molar-refractivity contribution in [2.45, 2.75) is 42.7 Å². The molecule has 37 heavy (non-hydrogen) atoms. The van der Waals surface area contributed by atoms with Gasteiger partial charge in [-0.3, -0.25) is 4.79 Å². The van der Waals surface area contributed by atoms with E-state index in [0.717, 1.165) is 15.4 Å². The molecule has 2 N–H and O–H groups in total. The van der Waals surface area contributed by atoms with E-state index in [0.29, 0.717) is 12.0 Å². The summed E-state index contributed by atoms with van der Waals surface area (Å²) in [6.45, 7) is 1.59. The SMILES string of the molecule is C[C@@]1(C(=O)NC(Cc2ccc(-c3cncnc3)cc2)C(=O)O)CCCN1S(=O)(=O)c1cc(Cl)cc(Cl)c1. The van der Waals surface area contributed by atoms with Crippen molar-refractivity contribution < 1.29 is 23.1 Å². The van der Waals surface area contributed by atoms with E-state index in [1.165, 1.54) is 31.5 Å². The lowest BCUT2D eigenvalue weighted by molar-refractivity contribution is -0.143. The van der Waals surface area contributed by atoms with Crippen LogP contribution in [-0.2, 0) is 26.0 Å². The Morgan fingerprint density at radius 3 is 2.30 bits per heavy atom. The number of carbonyl (C=O) groups is 2. The van der Waals surface area contributed by atoms with E-state index in [9.17, 15) is 23.1 Å². The number of aromatic nitrogens is 2. The number of nitrogens with one attached hydrogen (secondary N) is 1. The first kappa shape index (κ1) is 27.0. The molecule has 0 saturated carbocycles. The fraction of sp³-hybridized carbons (Fsp3) is 0.280. The zero-order chi connectivity index (χ0) is 26.8. The molecule has 1 aliphatic heterocycles. The highest BCUT2D eigenvalue weighted by atomic mass is 35.5. The van der Waals surface area contributed by atoms with Crippen molar-refractivity contribution in [3.8, 4) is 11.1 Å². The van der Waals surface area contributed by atoms with Crippen LogP contribution in [0, 0.1) is 0 Å². The highest BCUT2D eigenvalue weighted by molar-refractivity contribution is 7.89. The predicted octanol–water partition coefficient (Wildman–Crippen LogP) is 3.81. The van der Waals surface area contributed by atoms with Gasteiger partial charge in [-0.1, -0.05) is 47.5 Å². The molecule has 4 rings (SSSR count). The summed E-state index contributed by atoms with van der Waals surface area (Å²) in [5, 5.41) is 12.7. The summed E-state index contributed by atoms with van der Waals surface area (Å²) in [5.41, 5.74) is 0.871. The van der Waals surface area contributed by atoms with Crippen molar-refractivity contribution in [3.05, 3.63) is 76.8 Å². The van der Waals surface area contributed by atoms with Crippen LogP contribution in [0.2, 0.25) is 10.0 Å². The molecular weight excluding hydrogens is 539 g/mol. The van der Waals surface area contributed by atoms with Gasteiger partial charge in [0.15, 0.2) is 0 Å². The zero-order valence-electron chi connectivity index (χ0n) is 19.8. The number of carboxylic acids is 1. The van der Waals surface area contributed by atoms with Crippen molar-refractivity contribution in [1.29, 1.82) is 0 Å². The maximum Gasteiger partial charge on any atom is 0.326 e. The van der Waals surface area contributed by atoms with Crippen LogP contribution in [0.3, 0.4) is 0 Å². The van der Waals surface area contributed by atoms with Gasteiger partial charge in [0.25, 0.3) is 0 Å². The summed E-state index contributed by atoms with van der Waals surface area (Å²) in [6.07, 6.45) is 5.44. The smallest absolute Gasteiger partial charge is 0.326 e. The molecule has 1 aromatic heterocycles. The van der Waals surface area contributed by atoms with Crippen molar-refractivity contribution in [1.82, 2.24) is 19.6 Å². The molecule has 12 heteroatoms. The number of sulfonamides is 1. The Morgan fingerprint density at radius 2 is 1.70 bits per heavy atom. The van der Waals surface area contributed by atoms with Gasteiger partial charge in [-0.2, -0.15) is 4.31 Å². The third kappa shape index (κ3) is 5.77.